The number of ether oxygens (including phenoxy) is 2. The first kappa shape index (κ1) is 21.6. The predicted octanol–water partition coefficient (Wildman–Crippen LogP) is 4.68. The van der Waals surface area contributed by atoms with E-state index in [9.17, 15) is 4.79 Å². The number of rotatable bonds is 8. The standard InChI is InChI=1S/C24H20N6O3S/c25-8-2-11-32-19-13-17(23(31)27-24-26-9-12-34-24)14-20(15-19)33-18-6-4-16(5-7-18)22-29-28-21-3-1-10-30(21)22/h4-7,9,12-15H,1-3,10-11H2,(H,26,27,31). The van der Waals surface area contributed by atoms with Gasteiger partial charge in [0.2, 0.25) is 0 Å². The lowest BCUT2D eigenvalue weighted by atomic mass is 10.1. The van der Waals surface area contributed by atoms with E-state index in [-0.39, 0.29) is 18.9 Å². The number of nitriles is 1. The first-order valence-corrected chi connectivity index (χ1v) is 11.6. The number of hydrogen-bond acceptors (Lipinski definition) is 8. The number of amides is 1. The summed E-state index contributed by atoms with van der Waals surface area (Å²) >= 11 is 1.33. The molecule has 9 nitrogen and oxygen atoms in total. The van der Waals surface area contributed by atoms with E-state index in [2.05, 4.69) is 25.1 Å². The lowest BCUT2D eigenvalue weighted by molar-refractivity contribution is 0.102. The highest BCUT2D eigenvalue weighted by atomic mass is 32.1. The Labute approximate surface area is 199 Å². The van der Waals surface area contributed by atoms with Crippen molar-refractivity contribution in [1.82, 2.24) is 19.7 Å². The van der Waals surface area contributed by atoms with Gasteiger partial charge in [-0.05, 0) is 42.8 Å². The molecule has 1 N–H and O–H groups in total. The molecule has 4 aromatic rings. The van der Waals surface area contributed by atoms with E-state index in [0.717, 1.165) is 36.6 Å². The molecule has 0 saturated heterocycles. The summed E-state index contributed by atoms with van der Waals surface area (Å²) < 4.78 is 13.8. The fraction of sp³-hybridized carbons (Fsp3) is 0.208. The van der Waals surface area contributed by atoms with Crippen molar-refractivity contribution in [3.05, 3.63) is 65.4 Å². The van der Waals surface area contributed by atoms with Crippen molar-refractivity contribution < 1.29 is 14.3 Å². The average molecular weight is 473 g/mol. The Morgan fingerprint density at radius 3 is 2.79 bits per heavy atom. The number of anilines is 1. The molecule has 2 aromatic carbocycles. The molecule has 34 heavy (non-hydrogen) atoms. The van der Waals surface area contributed by atoms with Crippen LogP contribution in [-0.4, -0.2) is 32.3 Å². The van der Waals surface area contributed by atoms with Crippen LogP contribution in [0.1, 0.15) is 29.0 Å². The van der Waals surface area contributed by atoms with Crippen LogP contribution in [-0.2, 0) is 13.0 Å². The number of aryl methyl sites for hydroxylation is 1. The topological polar surface area (TPSA) is 115 Å². The molecule has 1 aliphatic rings. The van der Waals surface area contributed by atoms with Crippen molar-refractivity contribution >= 4 is 22.4 Å². The number of aromatic nitrogens is 4. The molecular weight excluding hydrogens is 452 g/mol. The SMILES string of the molecule is N#CCCOc1cc(Oc2ccc(-c3nnc4n3CCC4)cc2)cc(C(=O)Nc2nccs2)c1. The molecule has 0 bridgehead atoms. The van der Waals surface area contributed by atoms with Crippen LogP contribution in [0.25, 0.3) is 11.4 Å². The number of fused-ring (bicyclic) bond motifs is 1. The van der Waals surface area contributed by atoms with E-state index in [0.29, 0.717) is 27.9 Å². The average Bonchev–Trinajstić information content (AvgIpc) is 3.59. The summed E-state index contributed by atoms with van der Waals surface area (Å²) in [7, 11) is 0. The fourth-order valence-electron chi connectivity index (χ4n) is 3.69. The molecular formula is C24H20N6O3S. The molecule has 1 amide bonds. The molecule has 0 spiro atoms. The summed E-state index contributed by atoms with van der Waals surface area (Å²) in [6, 6.07) is 14.6. The number of carbonyl (C=O) groups excluding carboxylic acids is 1. The second-order valence-corrected chi connectivity index (χ2v) is 8.46. The van der Waals surface area contributed by atoms with Crippen LogP contribution in [0.15, 0.2) is 54.0 Å². The van der Waals surface area contributed by atoms with Gasteiger partial charge in [-0.25, -0.2) is 4.98 Å². The maximum Gasteiger partial charge on any atom is 0.257 e. The Hall–Kier alpha value is -4.23. The van der Waals surface area contributed by atoms with Crippen molar-refractivity contribution in [2.75, 3.05) is 11.9 Å². The molecule has 5 rings (SSSR count). The Bertz CT molecular complexity index is 1340. The van der Waals surface area contributed by atoms with Gasteiger partial charge in [0.15, 0.2) is 11.0 Å². The molecule has 0 radical (unpaired) electrons. The summed E-state index contributed by atoms with van der Waals surface area (Å²) in [6.45, 7) is 1.14. The summed E-state index contributed by atoms with van der Waals surface area (Å²) in [5, 5.41) is 22.4. The third kappa shape index (κ3) is 4.74. The Morgan fingerprint density at radius 1 is 1.15 bits per heavy atom. The third-order valence-electron chi connectivity index (χ3n) is 5.24. The minimum atomic E-state index is -0.332. The summed E-state index contributed by atoms with van der Waals surface area (Å²) in [5.41, 5.74) is 1.32. The van der Waals surface area contributed by atoms with Crippen LogP contribution in [0, 0.1) is 11.3 Å². The van der Waals surface area contributed by atoms with Gasteiger partial charge in [0.1, 0.15) is 29.7 Å². The second kappa shape index (κ2) is 9.72. The number of thiazole rings is 1. The van der Waals surface area contributed by atoms with Crippen LogP contribution in [0.5, 0.6) is 17.2 Å². The Morgan fingerprint density at radius 2 is 2.00 bits per heavy atom. The van der Waals surface area contributed by atoms with Gasteiger partial charge in [-0.1, -0.05) is 0 Å². The highest BCUT2D eigenvalue weighted by molar-refractivity contribution is 7.13. The number of benzene rings is 2. The van der Waals surface area contributed by atoms with Crippen molar-refractivity contribution in [3.8, 4) is 34.7 Å². The molecule has 0 atom stereocenters. The molecule has 0 unspecified atom stereocenters. The van der Waals surface area contributed by atoms with E-state index in [4.69, 9.17) is 14.7 Å². The highest BCUT2D eigenvalue weighted by Gasteiger charge is 2.18. The zero-order chi connectivity index (χ0) is 23.3. The van der Waals surface area contributed by atoms with E-state index in [1.54, 1.807) is 29.8 Å². The summed E-state index contributed by atoms with van der Waals surface area (Å²) in [6.07, 6.45) is 3.90. The first-order valence-electron chi connectivity index (χ1n) is 10.8. The maximum atomic E-state index is 12.7. The van der Waals surface area contributed by atoms with Gasteiger partial charge >= 0.3 is 0 Å². The lowest BCUT2D eigenvalue weighted by Gasteiger charge is -2.12. The van der Waals surface area contributed by atoms with Gasteiger partial charge in [0, 0.05) is 41.7 Å². The van der Waals surface area contributed by atoms with Gasteiger partial charge in [0.05, 0.1) is 12.5 Å². The third-order valence-corrected chi connectivity index (χ3v) is 5.92. The van der Waals surface area contributed by atoms with Crippen LogP contribution < -0.4 is 14.8 Å². The first-order chi connectivity index (χ1) is 16.7. The lowest BCUT2D eigenvalue weighted by Crippen LogP contribution is -2.12. The van der Waals surface area contributed by atoms with Crippen LogP contribution in [0.3, 0.4) is 0 Å². The molecule has 170 valence electrons. The number of nitrogens with one attached hydrogen (secondary N) is 1. The van der Waals surface area contributed by atoms with Gasteiger partial charge in [-0.3, -0.25) is 10.1 Å². The largest absolute Gasteiger partial charge is 0.492 e. The van der Waals surface area contributed by atoms with Crippen molar-refractivity contribution in [2.24, 2.45) is 0 Å². The van der Waals surface area contributed by atoms with Crippen LogP contribution >= 0.6 is 11.3 Å². The van der Waals surface area contributed by atoms with Crippen LogP contribution in [0.2, 0.25) is 0 Å². The van der Waals surface area contributed by atoms with E-state index >= 15 is 0 Å². The minimum Gasteiger partial charge on any atom is -0.492 e. The molecule has 2 aromatic heterocycles. The second-order valence-electron chi connectivity index (χ2n) is 7.56. The van der Waals surface area contributed by atoms with Gasteiger partial charge in [-0.2, -0.15) is 5.26 Å². The van der Waals surface area contributed by atoms with Gasteiger partial charge in [0.25, 0.3) is 5.91 Å². The molecule has 1 aliphatic heterocycles. The number of nitrogens with zero attached hydrogens (tertiary/aromatic N) is 5. The van der Waals surface area contributed by atoms with Crippen molar-refractivity contribution in [3.63, 3.8) is 0 Å². The molecule has 3 heterocycles. The fourth-order valence-corrected chi connectivity index (χ4v) is 4.21. The zero-order valence-corrected chi connectivity index (χ0v) is 18.9. The summed E-state index contributed by atoms with van der Waals surface area (Å²) in [4.78, 5) is 16.8. The van der Waals surface area contributed by atoms with Crippen LogP contribution in [0.4, 0.5) is 5.13 Å². The quantitative estimate of drug-likeness (QED) is 0.370. The van der Waals surface area contributed by atoms with E-state index in [1.165, 1.54) is 11.3 Å². The van der Waals surface area contributed by atoms with Crippen molar-refractivity contribution in [2.45, 2.75) is 25.8 Å². The smallest absolute Gasteiger partial charge is 0.257 e. The van der Waals surface area contributed by atoms with E-state index < -0.39 is 0 Å². The molecule has 0 saturated carbocycles. The predicted molar refractivity (Wildman–Crippen MR) is 126 cm³/mol. The minimum absolute atomic E-state index is 0.213. The van der Waals surface area contributed by atoms with Gasteiger partial charge < -0.3 is 14.0 Å². The monoisotopic (exact) mass is 472 g/mol. The Balaban J connectivity index is 1.36. The number of hydrogen-bond donors (Lipinski definition) is 1. The van der Waals surface area contributed by atoms with Crippen molar-refractivity contribution in [1.29, 1.82) is 5.26 Å². The summed E-state index contributed by atoms with van der Waals surface area (Å²) in [5.74, 6) is 3.02. The zero-order valence-electron chi connectivity index (χ0n) is 18.1. The Kier molecular flexibility index (Phi) is 6.18. The van der Waals surface area contributed by atoms with Gasteiger partial charge in [-0.15, -0.1) is 21.5 Å². The van der Waals surface area contributed by atoms with E-state index in [1.807, 2.05) is 30.3 Å². The normalized spacial score (nSPS) is 12.1. The highest BCUT2D eigenvalue weighted by Crippen LogP contribution is 2.30. The molecule has 10 heteroatoms. The number of carbonyl (C=O) groups is 1. The molecule has 0 fully saturated rings. The molecule has 0 aliphatic carbocycles. The maximum absolute atomic E-state index is 12.7.